The molecule has 16 heavy (non-hydrogen) atoms. The zero-order valence-electron chi connectivity index (χ0n) is 9.91. The number of carbonyl (C=O) groups excluding carboxylic acids is 2. The number of hydrogen-bond donors (Lipinski definition) is 1. The fourth-order valence-corrected chi connectivity index (χ4v) is 2.34. The molecule has 0 saturated heterocycles. The Labute approximate surface area is 97.2 Å². The Kier molecular flexibility index (Phi) is 6.31. The van der Waals surface area contributed by atoms with Crippen molar-refractivity contribution in [1.29, 1.82) is 0 Å². The molecule has 0 aromatic carbocycles. The van der Waals surface area contributed by atoms with Gasteiger partial charge in [-0.05, 0) is 25.7 Å². The molecule has 1 rings (SSSR count). The summed E-state index contributed by atoms with van der Waals surface area (Å²) in [5.41, 5.74) is 0. The Balaban J connectivity index is 1.92. The van der Waals surface area contributed by atoms with Gasteiger partial charge in [-0.2, -0.15) is 0 Å². The average molecular weight is 226 g/mol. The van der Waals surface area contributed by atoms with Gasteiger partial charge in [0.2, 0.25) is 0 Å². The summed E-state index contributed by atoms with van der Waals surface area (Å²) < 4.78 is 0. The molecule has 1 saturated carbocycles. The van der Waals surface area contributed by atoms with Crippen molar-refractivity contribution < 1.29 is 14.7 Å². The number of Topliss-reactive ketones (excluding diaryl/α,β-unsaturated/α-hetero) is 2. The number of aliphatic hydroxyl groups excluding tert-OH is 1. The van der Waals surface area contributed by atoms with Crippen molar-refractivity contribution >= 4 is 11.6 Å². The van der Waals surface area contributed by atoms with Gasteiger partial charge in [-0.3, -0.25) is 9.59 Å². The molecule has 0 amide bonds. The highest BCUT2D eigenvalue weighted by Gasteiger charge is 2.23. The lowest BCUT2D eigenvalue weighted by molar-refractivity contribution is -0.122. The first-order valence-corrected chi connectivity index (χ1v) is 6.39. The molecule has 0 bridgehead atoms. The lowest BCUT2D eigenvalue weighted by Gasteiger charge is -2.06. The number of unbranched alkanes of at least 4 members (excludes halogenated alkanes) is 3. The van der Waals surface area contributed by atoms with Crippen LogP contribution in [0.3, 0.4) is 0 Å². The molecule has 1 unspecified atom stereocenters. The standard InChI is InChI=1S/C13H22O3/c14-10-12(15)8-4-2-1-3-6-11-7-5-9-13(11)16/h11,14H,1-10H2. The first-order valence-electron chi connectivity index (χ1n) is 6.39. The highest BCUT2D eigenvalue weighted by atomic mass is 16.3. The number of hydrogen-bond acceptors (Lipinski definition) is 3. The van der Waals surface area contributed by atoms with Crippen LogP contribution in [0.2, 0.25) is 0 Å². The third-order valence-electron chi connectivity index (χ3n) is 3.37. The second kappa shape index (κ2) is 7.55. The van der Waals surface area contributed by atoms with E-state index in [1.165, 1.54) is 0 Å². The minimum absolute atomic E-state index is 0.0639. The summed E-state index contributed by atoms with van der Waals surface area (Å²) in [7, 11) is 0. The Bertz CT molecular complexity index is 235. The van der Waals surface area contributed by atoms with E-state index in [0.717, 1.165) is 51.4 Å². The third-order valence-corrected chi connectivity index (χ3v) is 3.37. The van der Waals surface area contributed by atoms with Crippen molar-refractivity contribution in [2.75, 3.05) is 6.61 Å². The van der Waals surface area contributed by atoms with Crippen molar-refractivity contribution in [2.45, 2.75) is 57.8 Å². The van der Waals surface area contributed by atoms with Crippen molar-refractivity contribution in [1.82, 2.24) is 0 Å². The maximum atomic E-state index is 11.3. The average Bonchev–Trinajstić information content (AvgIpc) is 2.69. The number of rotatable bonds is 8. The number of aliphatic hydroxyl groups is 1. The van der Waals surface area contributed by atoms with Gasteiger partial charge in [0.15, 0.2) is 5.78 Å². The maximum absolute atomic E-state index is 11.3. The molecule has 92 valence electrons. The Morgan fingerprint density at radius 2 is 2.00 bits per heavy atom. The van der Waals surface area contributed by atoms with E-state index < -0.39 is 0 Å². The van der Waals surface area contributed by atoms with E-state index in [2.05, 4.69) is 0 Å². The summed E-state index contributed by atoms with van der Waals surface area (Å²) in [6.07, 6.45) is 8.59. The summed E-state index contributed by atoms with van der Waals surface area (Å²) >= 11 is 0. The van der Waals surface area contributed by atoms with E-state index in [4.69, 9.17) is 5.11 Å². The summed E-state index contributed by atoms with van der Waals surface area (Å²) in [6.45, 7) is -0.323. The Hall–Kier alpha value is -0.700. The van der Waals surface area contributed by atoms with Crippen molar-refractivity contribution in [2.24, 2.45) is 5.92 Å². The molecular weight excluding hydrogens is 204 g/mol. The van der Waals surface area contributed by atoms with Gasteiger partial charge >= 0.3 is 0 Å². The molecule has 0 spiro atoms. The molecule has 1 N–H and O–H groups in total. The quantitative estimate of drug-likeness (QED) is 0.646. The minimum atomic E-state index is -0.323. The molecule has 0 aliphatic heterocycles. The molecule has 0 aromatic rings. The van der Waals surface area contributed by atoms with E-state index in [0.29, 0.717) is 18.1 Å². The van der Waals surface area contributed by atoms with Crippen LogP contribution in [0.25, 0.3) is 0 Å². The largest absolute Gasteiger partial charge is 0.389 e. The lowest BCUT2D eigenvalue weighted by Crippen LogP contribution is -2.05. The highest BCUT2D eigenvalue weighted by molar-refractivity contribution is 5.82. The zero-order valence-corrected chi connectivity index (χ0v) is 9.91. The van der Waals surface area contributed by atoms with Gasteiger partial charge in [0.05, 0.1) is 0 Å². The van der Waals surface area contributed by atoms with Crippen LogP contribution in [0.1, 0.15) is 57.8 Å². The van der Waals surface area contributed by atoms with E-state index in [-0.39, 0.29) is 12.4 Å². The van der Waals surface area contributed by atoms with Gasteiger partial charge in [-0.1, -0.05) is 19.3 Å². The van der Waals surface area contributed by atoms with Gasteiger partial charge in [-0.15, -0.1) is 0 Å². The Morgan fingerprint density at radius 3 is 2.62 bits per heavy atom. The van der Waals surface area contributed by atoms with Gasteiger partial charge in [-0.25, -0.2) is 0 Å². The first kappa shape index (κ1) is 13.4. The topological polar surface area (TPSA) is 54.4 Å². The molecule has 1 aliphatic rings. The molecule has 1 atom stereocenters. The summed E-state index contributed by atoms with van der Waals surface area (Å²) in [6, 6.07) is 0. The van der Waals surface area contributed by atoms with Gasteiger partial charge in [0.25, 0.3) is 0 Å². The SMILES string of the molecule is O=C(CO)CCCCCCC1CCCC1=O. The maximum Gasteiger partial charge on any atom is 0.158 e. The molecule has 3 nitrogen and oxygen atoms in total. The fourth-order valence-electron chi connectivity index (χ4n) is 2.34. The van der Waals surface area contributed by atoms with Crippen LogP contribution in [-0.4, -0.2) is 23.3 Å². The summed E-state index contributed by atoms with van der Waals surface area (Å²) in [4.78, 5) is 22.2. The fraction of sp³-hybridized carbons (Fsp3) is 0.846. The second-order valence-electron chi connectivity index (χ2n) is 4.71. The van der Waals surface area contributed by atoms with Crippen LogP contribution in [0.4, 0.5) is 0 Å². The Morgan fingerprint density at radius 1 is 1.25 bits per heavy atom. The van der Waals surface area contributed by atoms with Crippen LogP contribution in [0.5, 0.6) is 0 Å². The molecule has 0 radical (unpaired) electrons. The minimum Gasteiger partial charge on any atom is -0.389 e. The van der Waals surface area contributed by atoms with Gasteiger partial charge in [0.1, 0.15) is 12.4 Å². The van der Waals surface area contributed by atoms with E-state index in [1.807, 2.05) is 0 Å². The van der Waals surface area contributed by atoms with E-state index >= 15 is 0 Å². The summed E-state index contributed by atoms with van der Waals surface area (Å²) in [5.74, 6) is 0.723. The molecule has 0 heterocycles. The van der Waals surface area contributed by atoms with Crippen LogP contribution >= 0.6 is 0 Å². The van der Waals surface area contributed by atoms with Crippen LogP contribution in [0.15, 0.2) is 0 Å². The van der Waals surface area contributed by atoms with E-state index in [9.17, 15) is 9.59 Å². The number of ketones is 2. The van der Waals surface area contributed by atoms with Gasteiger partial charge < -0.3 is 5.11 Å². The molecule has 0 aromatic heterocycles. The third kappa shape index (κ3) is 4.88. The van der Waals surface area contributed by atoms with E-state index in [1.54, 1.807) is 0 Å². The predicted octanol–water partition coefficient (Wildman–Crippen LogP) is 2.26. The summed E-state index contributed by atoms with van der Waals surface area (Å²) in [5, 5.41) is 8.52. The molecule has 3 heteroatoms. The lowest BCUT2D eigenvalue weighted by atomic mass is 9.98. The number of carbonyl (C=O) groups is 2. The monoisotopic (exact) mass is 226 g/mol. The smallest absolute Gasteiger partial charge is 0.158 e. The highest BCUT2D eigenvalue weighted by Crippen LogP contribution is 2.26. The zero-order chi connectivity index (χ0) is 11.8. The van der Waals surface area contributed by atoms with Crippen LogP contribution in [0, 0.1) is 5.92 Å². The molecule has 1 aliphatic carbocycles. The van der Waals surface area contributed by atoms with Crippen LogP contribution in [-0.2, 0) is 9.59 Å². The second-order valence-corrected chi connectivity index (χ2v) is 4.71. The van der Waals surface area contributed by atoms with Crippen LogP contribution < -0.4 is 0 Å². The van der Waals surface area contributed by atoms with Gasteiger partial charge in [0, 0.05) is 18.8 Å². The normalized spacial score (nSPS) is 20.3. The van der Waals surface area contributed by atoms with Crippen molar-refractivity contribution in [3.8, 4) is 0 Å². The molecule has 1 fully saturated rings. The van der Waals surface area contributed by atoms with Crippen molar-refractivity contribution in [3.05, 3.63) is 0 Å². The predicted molar refractivity (Wildman–Crippen MR) is 62.1 cm³/mol. The first-order chi connectivity index (χ1) is 7.74. The molecular formula is C13H22O3. The van der Waals surface area contributed by atoms with Crippen molar-refractivity contribution in [3.63, 3.8) is 0 Å².